The van der Waals surface area contributed by atoms with Crippen molar-refractivity contribution in [2.75, 3.05) is 25.0 Å². The molecule has 0 bridgehead atoms. The lowest BCUT2D eigenvalue weighted by molar-refractivity contribution is -0.119. The maximum atomic E-state index is 12.8. The van der Waals surface area contributed by atoms with Crippen LogP contribution >= 0.6 is 0 Å². The van der Waals surface area contributed by atoms with Gasteiger partial charge in [0.2, 0.25) is 5.91 Å². The van der Waals surface area contributed by atoms with Gasteiger partial charge >= 0.3 is 5.76 Å². The van der Waals surface area contributed by atoms with E-state index < -0.39 is 5.76 Å². The number of amides is 1. The van der Waals surface area contributed by atoms with E-state index in [1.165, 1.54) is 19.3 Å². The second kappa shape index (κ2) is 7.43. The molecule has 0 unspecified atom stereocenters. The molecule has 1 aromatic heterocycles. The summed E-state index contributed by atoms with van der Waals surface area (Å²) in [6.45, 7) is 3.04. The van der Waals surface area contributed by atoms with Crippen LogP contribution in [0.3, 0.4) is 0 Å². The summed E-state index contributed by atoms with van der Waals surface area (Å²) in [5, 5.41) is 8.81. The van der Waals surface area contributed by atoms with Gasteiger partial charge in [0, 0.05) is 17.3 Å². The third-order valence-electron chi connectivity index (χ3n) is 5.20. The molecule has 2 aromatic rings. The van der Waals surface area contributed by atoms with Gasteiger partial charge in [0.25, 0.3) is 0 Å². The monoisotopic (exact) mass is 357 g/mol. The summed E-state index contributed by atoms with van der Waals surface area (Å²) in [6.07, 6.45) is 4.74. The van der Waals surface area contributed by atoms with Crippen molar-refractivity contribution in [3.63, 3.8) is 0 Å². The molecule has 138 valence electrons. The predicted molar refractivity (Wildman–Crippen MR) is 96.8 cm³/mol. The molecule has 0 aliphatic carbocycles. The number of carbonyl (C=O) groups is 1. The first-order chi connectivity index (χ1) is 12.7. The van der Waals surface area contributed by atoms with E-state index in [0.717, 1.165) is 37.3 Å². The Hall–Kier alpha value is -2.45. The summed E-state index contributed by atoms with van der Waals surface area (Å²) in [5.41, 5.74) is 1.44. The molecule has 3 heterocycles. The van der Waals surface area contributed by atoms with Gasteiger partial charge in [-0.3, -0.25) is 9.69 Å². The third kappa shape index (κ3) is 3.56. The van der Waals surface area contributed by atoms with E-state index >= 15 is 0 Å². The van der Waals surface area contributed by atoms with E-state index in [9.17, 15) is 9.59 Å². The number of nitrogens with zero attached hydrogens (tertiary/aromatic N) is 2. The maximum absolute atomic E-state index is 12.8. The van der Waals surface area contributed by atoms with Crippen molar-refractivity contribution in [2.45, 2.75) is 37.8 Å². The highest BCUT2D eigenvalue weighted by atomic mass is 16.5. The van der Waals surface area contributed by atoms with Gasteiger partial charge in [0.1, 0.15) is 6.04 Å². The molecular weight excluding hydrogens is 334 g/mol. The number of likely N-dealkylation sites (tertiary alicyclic amines) is 1. The molecule has 2 atom stereocenters. The Morgan fingerprint density at radius 2 is 1.96 bits per heavy atom. The van der Waals surface area contributed by atoms with Crippen LogP contribution in [0.5, 0.6) is 0 Å². The number of hydrogen-bond donors (Lipinski definition) is 3. The van der Waals surface area contributed by atoms with E-state index in [0.29, 0.717) is 5.82 Å². The molecule has 0 spiro atoms. The minimum absolute atomic E-state index is 0.000617. The second-order valence-electron chi connectivity index (χ2n) is 6.88. The summed E-state index contributed by atoms with van der Waals surface area (Å²) in [6, 6.07) is 7.26. The lowest BCUT2D eigenvalue weighted by atomic mass is 10.0. The van der Waals surface area contributed by atoms with Crippen molar-refractivity contribution >= 4 is 11.6 Å². The number of hydrogen-bond acceptors (Lipinski definition) is 6. The predicted octanol–water partition coefficient (Wildman–Crippen LogP) is 1.18. The van der Waals surface area contributed by atoms with Crippen LogP contribution in [0.2, 0.25) is 0 Å². The van der Waals surface area contributed by atoms with Gasteiger partial charge in [-0.05, 0) is 63.2 Å². The van der Waals surface area contributed by atoms with Crippen LogP contribution in [-0.2, 0) is 4.79 Å². The van der Waals surface area contributed by atoms with E-state index in [2.05, 4.69) is 30.2 Å². The molecule has 2 aliphatic rings. The van der Waals surface area contributed by atoms with Crippen molar-refractivity contribution < 1.29 is 9.32 Å². The fourth-order valence-corrected chi connectivity index (χ4v) is 3.88. The summed E-state index contributed by atoms with van der Waals surface area (Å²) < 4.78 is 4.58. The average molecular weight is 357 g/mol. The molecular formula is C18H23N5O3. The second-order valence-corrected chi connectivity index (χ2v) is 6.88. The first-order valence-corrected chi connectivity index (χ1v) is 9.15. The molecule has 2 fully saturated rings. The van der Waals surface area contributed by atoms with Crippen molar-refractivity contribution in [3.05, 3.63) is 34.8 Å². The van der Waals surface area contributed by atoms with Crippen molar-refractivity contribution in [3.8, 4) is 11.4 Å². The van der Waals surface area contributed by atoms with Crippen LogP contribution in [0.25, 0.3) is 11.4 Å². The SMILES string of the molecule is O=C(Nc1ccc(-c2nc(=O)o[nH]2)cc1)[C@H]1NCC[C@H]1N1CCCCC1. The molecule has 4 rings (SSSR count). The average Bonchev–Trinajstić information content (AvgIpc) is 3.32. The Morgan fingerprint density at radius 1 is 1.19 bits per heavy atom. The molecule has 2 saturated heterocycles. The van der Waals surface area contributed by atoms with Crippen LogP contribution in [0.15, 0.2) is 33.6 Å². The third-order valence-corrected chi connectivity index (χ3v) is 5.20. The van der Waals surface area contributed by atoms with Crippen molar-refractivity contribution in [1.82, 2.24) is 20.4 Å². The molecule has 1 aromatic carbocycles. The number of carbonyl (C=O) groups excluding carboxylic acids is 1. The highest BCUT2D eigenvalue weighted by molar-refractivity contribution is 5.95. The van der Waals surface area contributed by atoms with Crippen LogP contribution in [0, 0.1) is 0 Å². The summed E-state index contributed by atoms with van der Waals surface area (Å²) in [4.78, 5) is 29.9. The Morgan fingerprint density at radius 3 is 2.65 bits per heavy atom. The molecule has 0 radical (unpaired) electrons. The van der Waals surface area contributed by atoms with Crippen LogP contribution in [0.4, 0.5) is 5.69 Å². The van der Waals surface area contributed by atoms with Crippen molar-refractivity contribution in [2.24, 2.45) is 0 Å². The fraction of sp³-hybridized carbons (Fsp3) is 0.500. The quantitative estimate of drug-likeness (QED) is 0.759. The zero-order valence-electron chi connectivity index (χ0n) is 14.5. The van der Waals surface area contributed by atoms with Gasteiger partial charge in [-0.1, -0.05) is 6.42 Å². The molecule has 0 saturated carbocycles. The first kappa shape index (κ1) is 17.0. The molecule has 2 aliphatic heterocycles. The molecule has 1 amide bonds. The number of rotatable bonds is 4. The van der Waals surface area contributed by atoms with Gasteiger partial charge in [-0.2, -0.15) is 10.1 Å². The fourth-order valence-electron chi connectivity index (χ4n) is 3.88. The lowest BCUT2D eigenvalue weighted by Gasteiger charge is -2.34. The largest absolute Gasteiger partial charge is 0.460 e. The molecule has 8 nitrogen and oxygen atoms in total. The number of piperidine rings is 1. The standard InChI is InChI=1S/C18H23N5O3/c24-17(15-14(8-9-19-15)23-10-2-1-3-11-23)20-13-6-4-12(5-7-13)16-21-18(25)26-22-16/h4-7,14-15,19H,1-3,8-11H2,(H,20,24)(H,21,22,25)/t14-,15+/m1/s1. The van der Waals surface area contributed by atoms with E-state index in [1.807, 2.05) is 0 Å². The Balaban J connectivity index is 1.41. The number of benzene rings is 1. The van der Waals surface area contributed by atoms with Gasteiger partial charge in [0.15, 0.2) is 5.82 Å². The minimum Gasteiger partial charge on any atom is -0.325 e. The summed E-state index contributed by atoms with van der Waals surface area (Å²) in [7, 11) is 0. The normalized spacial score (nSPS) is 23.8. The summed E-state index contributed by atoms with van der Waals surface area (Å²) >= 11 is 0. The van der Waals surface area contributed by atoms with Gasteiger partial charge in [0.05, 0.1) is 0 Å². The van der Waals surface area contributed by atoms with Crippen LogP contribution in [0.1, 0.15) is 25.7 Å². The highest BCUT2D eigenvalue weighted by Gasteiger charge is 2.36. The summed E-state index contributed by atoms with van der Waals surface area (Å²) in [5.74, 6) is -0.287. The number of aromatic nitrogens is 2. The minimum atomic E-state index is -0.659. The molecule has 26 heavy (non-hydrogen) atoms. The van der Waals surface area contributed by atoms with E-state index in [1.54, 1.807) is 24.3 Å². The highest BCUT2D eigenvalue weighted by Crippen LogP contribution is 2.22. The number of H-pyrrole nitrogens is 1. The van der Waals surface area contributed by atoms with Crippen LogP contribution in [-0.4, -0.2) is 52.7 Å². The van der Waals surface area contributed by atoms with Gasteiger partial charge in [-0.15, -0.1) is 0 Å². The van der Waals surface area contributed by atoms with Gasteiger partial charge < -0.3 is 15.2 Å². The Bertz CT molecular complexity index is 807. The topological polar surface area (TPSA) is 103 Å². The van der Waals surface area contributed by atoms with E-state index in [-0.39, 0.29) is 18.0 Å². The smallest absolute Gasteiger partial charge is 0.325 e. The maximum Gasteiger partial charge on any atom is 0.460 e. The number of aromatic amines is 1. The zero-order valence-corrected chi connectivity index (χ0v) is 14.5. The lowest BCUT2D eigenvalue weighted by Crippen LogP contribution is -2.51. The molecule has 3 N–H and O–H groups in total. The number of nitrogens with one attached hydrogen (secondary N) is 3. The Kier molecular flexibility index (Phi) is 4.85. The number of anilines is 1. The first-order valence-electron chi connectivity index (χ1n) is 9.15. The molecule has 8 heteroatoms. The van der Waals surface area contributed by atoms with Crippen molar-refractivity contribution in [1.29, 1.82) is 0 Å². The van der Waals surface area contributed by atoms with Crippen LogP contribution < -0.4 is 16.4 Å². The van der Waals surface area contributed by atoms with Gasteiger partial charge in [-0.25, -0.2) is 4.79 Å². The zero-order chi connectivity index (χ0) is 17.9. The van der Waals surface area contributed by atoms with E-state index in [4.69, 9.17) is 0 Å². The Labute approximate surface area is 150 Å².